The van der Waals surface area contributed by atoms with E-state index >= 15 is 0 Å². The number of benzene rings is 1. The Hall–Kier alpha value is -2.86. The number of aliphatic hydroxyl groups excluding tert-OH is 1. The van der Waals surface area contributed by atoms with Crippen LogP contribution in [0.5, 0.6) is 0 Å². The predicted octanol–water partition coefficient (Wildman–Crippen LogP) is 2.83. The van der Waals surface area contributed by atoms with Gasteiger partial charge in [-0.2, -0.15) is 0 Å². The van der Waals surface area contributed by atoms with Crippen molar-refractivity contribution >= 4 is 11.6 Å². The first-order valence-electron chi connectivity index (χ1n) is 7.19. The van der Waals surface area contributed by atoms with Crippen molar-refractivity contribution in [2.75, 3.05) is 5.32 Å². The van der Waals surface area contributed by atoms with Gasteiger partial charge in [0.05, 0.1) is 17.6 Å². The second-order valence-corrected chi connectivity index (χ2v) is 5.25. The molecule has 0 unspecified atom stereocenters. The number of nitrogens with one attached hydrogen (secondary N) is 1. The molecule has 0 atom stereocenters. The highest BCUT2D eigenvalue weighted by Gasteiger charge is 2.10. The minimum atomic E-state index is -0.282. The molecule has 0 aliphatic rings. The first-order chi connectivity index (χ1) is 11.1. The molecular weight excluding hydrogens is 294 g/mol. The number of furan rings is 1. The van der Waals surface area contributed by atoms with Crippen LogP contribution in [0.25, 0.3) is 5.69 Å². The zero-order valence-corrected chi connectivity index (χ0v) is 12.9. The molecule has 1 aromatic carbocycles. The summed E-state index contributed by atoms with van der Waals surface area (Å²) < 4.78 is 7.03. The fraction of sp³-hybridized carbons (Fsp3) is 0.176. The van der Waals surface area contributed by atoms with E-state index in [0.29, 0.717) is 17.0 Å². The van der Waals surface area contributed by atoms with Crippen LogP contribution in [0.2, 0.25) is 0 Å². The first kappa shape index (κ1) is 15.1. The average Bonchev–Trinajstić information content (AvgIpc) is 3.16. The average molecular weight is 311 g/mol. The van der Waals surface area contributed by atoms with E-state index in [1.54, 1.807) is 6.33 Å². The van der Waals surface area contributed by atoms with E-state index in [9.17, 15) is 4.79 Å². The molecule has 0 aliphatic heterocycles. The van der Waals surface area contributed by atoms with Crippen molar-refractivity contribution in [1.82, 2.24) is 9.55 Å². The summed E-state index contributed by atoms with van der Waals surface area (Å²) in [6.45, 7) is 3.74. The number of nitrogens with zero attached hydrogens (tertiary/aromatic N) is 2. The smallest absolute Gasteiger partial charge is 0.258 e. The number of hydrogen-bond donors (Lipinski definition) is 2. The predicted molar refractivity (Wildman–Crippen MR) is 85.6 cm³/mol. The number of amides is 1. The fourth-order valence-corrected chi connectivity index (χ4v) is 2.25. The van der Waals surface area contributed by atoms with Gasteiger partial charge in [0.1, 0.15) is 18.6 Å². The highest BCUT2D eigenvalue weighted by atomic mass is 16.4. The second-order valence-electron chi connectivity index (χ2n) is 5.25. The number of imidazole rings is 1. The summed E-state index contributed by atoms with van der Waals surface area (Å²) in [5.41, 5.74) is 4.10. The molecule has 3 aromatic rings. The number of hydrogen-bond acceptors (Lipinski definition) is 4. The Morgan fingerprint density at radius 2 is 2.04 bits per heavy atom. The number of aryl methyl sites for hydroxylation is 1. The molecule has 0 fully saturated rings. The molecule has 23 heavy (non-hydrogen) atoms. The topological polar surface area (TPSA) is 80.3 Å². The monoisotopic (exact) mass is 311 g/mol. The summed E-state index contributed by atoms with van der Waals surface area (Å²) in [6, 6.07) is 9.00. The van der Waals surface area contributed by atoms with Crippen LogP contribution in [0.1, 0.15) is 27.5 Å². The van der Waals surface area contributed by atoms with Gasteiger partial charge in [0.15, 0.2) is 0 Å². The Labute approximate surface area is 133 Å². The van der Waals surface area contributed by atoms with Crippen LogP contribution in [-0.4, -0.2) is 20.6 Å². The lowest BCUT2D eigenvalue weighted by Crippen LogP contribution is -2.10. The number of carbonyl (C=O) groups excluding carboxylic acids is 1. The molecule has 0 saturated heterocycles. The third kappa shape index (κ3) is 3.02. The standard InChI is InChI=1S/C17H17N3O3/c1-11-12(2)20(10-18-11)15-5-3-14(4-6-15)19-17(22)13-7-16(8-21)23-9-13/h3-7,9-10,21H,8H2,1-2H3,(H,19,22). The lowest BCUT2D eigenvalue weighted by atomic mass is 10.2. The van der Waals surface area contributed by atoms with Gasteiger partial charge in [0.25, 0.3) is 5.91 Å². The molecule has 0 saturated carbocycles. The summed E-state index contributed by atoms with van der Waals surface area (Å²) in [7, 11) is 0. The van der Waals surface area contributed by atoms with Gasteiger partial charge in [-0.3, -0.25) is 4.79 Å². The molecular formula is C17H17N3O3. The Kier molecular flexibility index (Phi) is 3.99. The van der Waals surface area contributed by atoms with Crippen molar-refractivity contribution in [3.05, 3.63) is 65.6 Å². The Morgan fingerprint density at radius 1 is 1.30 bits per heavy atom. The molecule has 1 amide bonds. The number of rotatable bonds is 4. The van der Waals surface area contributed by atoms with Crippen molar-refractivity contribution in [3.8, 4) is 5.69 Å². The maximum Gasteiger partial charge on any atom is 0.258 e. The summed E-state index contributed by atoms with van der Waals surface area (Å²) in [6.07, 6.45) is 3.10. The van der Waals surface area contributed by atoms with Crippen molar-refractivity contribution < 1.29 is 14.3 Å². The molecule has 2 N–H and O–H groups in total. The van der Waals surface area contributed by atoms with Crippen LogP contribution in [0.3, 0.4) is 0 Å². The largest absolute Gasteiger partial charge is 0.466 e. The minimum Gasteiger partial charge on any atom is -0.466 e. The summed E-state index contributed by atoms with van der Waals surface area (Å²) in [4.78, 5) is 16.4. The zero-order chi connectivity index (χ0) is 16.4. The SMILES string of the molecule is Cc1ncn(-c2ccc(NC(=O)c3coc(CO)c3)cc2)c1C. The van der Waals surface area contributed by atoms with Gasteiger partial charge in [-0.05, 0) is 44.2 Å². The molecule has 2 heterocycles. The summed E-state index contributed by atoms with van der Waals surface area (Å²) >= 11 is 0. The third-order valence-electron chi connectivity index (χ3n) is 3.73. The Balaban J connectivity index is 1.74. The molecule has 6 heteroatoms. The van der Waals surface area contributed by atoms with E-state index in [1.807, 2.05) is 42.7 Å². The number of aliphatic hydroxyl groups is 1. The molecule has 6 nitrogen and oxygen atoms in total. The van der Waals surface area contributed by atoms with E-state index in [-0.39, 0.29) is 12.5 Å². The molecule has 0 bridgehead atoms. The maximum atomic E-state index is 12.1. The highest BCUT2D eigenvalue weighted by Crippen LogP contribution is 2.18. The third-order valence-corrected chi connectivity index (χ3v) is 3.73. The van der Waals surface area contributed by atoms with Gasteiger partial charge in [0.2, 0.25) is 0 Å². The van der Waals surface area contributed by atoms with E-state index in [4.69, 9.17) is 9.52 Å². The zero-order valence-electron chi connectivity index (χ0n) is 12.9. The van der Waals surface area contributed by atoms with Crippen molar-refractivity contribution in [1.29, 1.82) is 0 Å². The Morgan fingerprint density at radius 3 is 2.61 bits per heavy atom. The highest BCUT2D eigenvalue weighted by molar-refractivity contribution is 6.04. The van der Waals surface area contributed by atoms with Crippen LogP contribution in [-0.2, 0) is 6.61 Å². The normalized spacial score (nSPS) is 10.7. The van der Waals surface area contributed by atoms with Crippen molar-refractivity contribution in [2.45, 2.75) is 20.5 Å². The molecule has 3 rings (SSSR count). The number of aromatic nitrogens is 2. The van der Waals surface area contributed by atoms with Gasteiger partial charge in [-0.15, -0.1) is 0 Å². The quantitative estimate of drug-likeness (QED) is 0.776. The maximum absolute atomic E-state index is 12.1. The first-order valence-corrected chi connectivity index (χ1v) is 7.19. The van der Waals surface area contributed by atoms with E-state index in [1.165, 1.54) is 12.3 Å². The fourth-order valence-electron chi connectivity index (χ4n) is 2.25. The summed E-state index contributed by atoms with van der Waals surface area (Å²) in [5, 5.41) is 11.7. The van der Waals surface area contributed by atoms with Gasteiger partial charge in [-0.1, -0.05) is 0 Å². The van der Waals surface area contributed by atoms with Crippen LogP contribution in [0.4, 0.5) is 5.69 Å². The van der Waals surface area contributed by atoms with Crippen molar-refractivity contribution in [3.63, 3.8) is 0 Å². The van der Waals surface area contributed by atoms with Crippen LogP contribution in [0.15, 0.2) is 47.3 Å². The number of anilines is 1. The second kappa shape index (κ2) is 6.10. The molecule has 2 aromatic heterocycles. The molecule has 0 spiro atoms. The lowest BCUT2D eigenvalue weighted by molar-refractivity contribution is 0.102. The van der Waals surface area contributed by atoms with Crippen LogP contribution in [0, 0.1) is 13.8 Å². The van der Waals surface area contributed by atoms with E-state index in [0.717, 1.165) is 17.1 Å². The lowest BCUT2D eigenvalue weighted by Gasteiger charge is -2.08. The van der Waals surface area contributed by atoms with Crippen LogP contribution >= 0.6 is 0 Å². The van der Waals surface area contributed by atoms with Crippen molar-refractivity contribution in [2.24, 2.45) is 0 Å². The van der Waals surface area contributed by atoms with E-state index < -0.39 is 0 Å². The molecule has 0 radical (unpaired) electrons. The van der Waals surface area contributed by atoms with Gasteiger partial charge < -0.3 is 19.4 Å². The number of carbonyl (C=O) groups is 1. The molecule has 118 valence electrons. The minimum absolute atomic E-state index is 0.231. The molecule has 0 aliphatic carbocycles. The summed E-state index contributed by atoms with van der Waals surface area (Å²) in [5.74, 6) is 0.0762. The van der Waals surface area contributed by atoms with Gasteiger partial charge in [0, 0.05) is 17.1 Å². The van der Waals surface area contributed by atoms with Crippen LogP contribution < -0.4 is 5.32 Å². The van der Waals surface area contributed by atoms with E-state index in [2.05, 4.69) is 10.3 Å². The van der Waals surface area contributed by atoms with Gasteiger partial charge >= 0.3 is 0 Å². The van der Waals surface area contributed by atoms with Gasteiger partial charge in [-0.25, -0.2) is 4.98 Å². The Bertz CT molecular complexity index is 831.